The van der Waals surface area contributed by atoms with Crippen LogP contribution in [0.4, 0.5) is 5.95 Å². The number of anilines is 1. The summed E-state index contributed by atoms with van der Waals surface area (Å²) < 4.78 is 5.63. The molecular weight excluding hydrogens is 288 g/mol. The van der Waals surface area contributed by atoms with Gasteiger partial charge in [-0.15, -0.1) is 0 Å². The SMILES string of the molecule is CCCNc1nc(Cl)nc(Oc2ccc(C(C)C)cc2)n1. The lowest BCUT2D eigenvalue weighted by molar-refractivity contribution is 0.440. The molecule has 0 bridgehead atoms. The van der Waals surface area contributed by atoms with Crippen LogP contribution in [0.5, 0.6) is 11.8 Å². The molecule has 0 saturated heterocycles. The monoisotopic (exact) mass is 306 g/mol. The van der Waals surface area contributed by atoms with Crippen molar-refractivity contribution in [3.05, 3.63) is 35.1 Å². The maximum Gasteiger partial charge on any atom is 0.328 e. The van der Waals surface area contributed by atoms with Crippen LogP contribution in [0, 0.1) is 0 Å². The molecule has 0 aliphatic heterocycles. The zero-order valence-electron chi connectivity index (χ0n) is 12.4. The van der Waals surface area contributed by atoms with Gasteiger partial charge in [-0.1, -0.05) is 32.9 Å². The first kappa shape index (κ1) is 15.5. The van der Waals surface area contributed by atoms with Gasteiger partial charge in [-0.3, -0.25) is 0 Å². The highest BCUT2D eigenvalue weighted by Crippen LogP contribution is 2.23. The topological polar surface area (TPSA) is 59.9 Å². The van der Waals surface area contributed by atoms with Crippen LogP contribution in [0.1, 0.15) is 38.7 Å². The molecule has 6 heteroatoms. The van der Waals surface area contributed by atoms with Gasteiger partial charge in [-0.2, -0.15) is 15.0 Å². The first-order chi connectivity index (χ1) is 10.1. The molecule has 0 aliphatic carbocycles. The van der Waals surface area contributed by atoms with Crippen LogP contribution in [-0.4, -0.2) is 21.5 Å². The van der Waals surface area contributed by atoms with E-state index >= 15 is 0 Å². The molecule has 5 nitrogen and oxygen atoms in total. The van der Waals surface area contributed by atoms with Gasteiger partial charge < -0.3 is 10.1 Å². The van der Waals surface area contributed by atoms with Crippen molar-refractivity contribution in [3.8, 4) is 11.8 Å². The Morgan fingerprint density at radius 3 is 2.48 bits per heavy atom. The van der Waals surface area contributed by atoms with E-state index in [4.69, 9.17) is 16.3 Å². The van der Waals surface area contributed by atoms with Crippen LogP contribution < -0.4 is 10.1 Å². The van der Waals surface area contributed by atoms with Crippen molar-refractivity contribution in [2.75, 3.05) is 11.9 Å². The summed E-state index contributed by atoms with van der Waals surface area (Å²) in [6.07, 6.45) is 0.968. The third kappa shape index (κ3) is 4.56. The number of halogens is 1. The molecule has 0 atom stereocenters. The lowest BCUT2D eigenvalue weighted by Gasteiger charge is -2.08. The van der Waals surface area contributed by atoms with Crippen molar-refractivity contribution in [3.63, 3.8) is 0 Å². The summed E-state index contributed by atoms with van der Waals surface area (Å²) in [5, 5.41) is 3.17. The van der Waals surface area contributed by atoms with Gasteiger partial charge in [-0.25, -0.2) is 0 Å². The molecule has 2 aromatic rings. The minimum atomic E-state index is 0.109. The Morgan fingerprint density at radius 1 is 1.14 bits per heavy atom. The van der Waals surface area contributed by atoms with Gasteiger partial charge >= 0.3 is 6.01 Å². The van der Waals surface area contributed by atoms with E-state index in [0.717, 1.165) is 13.0 Å². The first-order valence-corrected chi connectivity index (χ1v) is 7.39. The molecule has 0 fully saturated rings. The molecule has 1 heterocycles. The number of benzene rings is 1. The molecule has 0 spiro atoms. The summed E-state index contributed by atoms with van der Waals surface area (Å²) in [6.45, 7) is 7.12. The van der Waals surface area contributed by atoms with Crippen LogP contribution in [0.3, 0.4) is 0 Å². The molecular formula is C15H19ClN4O. The van der Waals surface area contributed by atoms with Gasteiger partial charge in [-0.05, 0) is 41.6 Å². The van der Waals surface area contributed by atoms with Gasteiger partial charge in [0, 0.05) is 6.54 Å². The second kappa shape index (κ2) is 7.22. The second-order valence-electron chi connectivity index (χ2n) is 4.96. The smallest absolute Gasteiger partial charge is 0.328 e. The molecule has 1 aromatic carbocycles. The normalized spacial score (nSPS) is 10.7. The Labute approximate surface area is 129 Å². The van der Waals surface area contributed by atoms with Crippen molar-refractivity contribution in [1.29, 1.82) is 0 Å². The van der Waals surface area contributed by atoms with Crippen LogP contribution in [0.15, 0.2) is 24.3 Å². The summed E-state index contributed by atoms with van der Waals surface area (Å²) >= 11 is 5.88. The van der Waals surface area contributed by atoms with Crippen LogP contribution in [0.25, 0.3) is 0 Å². The van der Waals surface area contributed by atoms with E-state index in [1.165, 1.54) is 5.56 Å². The van der Waals surface area contributed by atoms with Gasteiger partial charge in [0.2, 0.25) is 11.2 Å². The summed E-state index contributed by atoms with van der Waals surface area (Å²) in [4.78, 5) is 12.2. The van der Waals surface area contributed by atoms with Crippen LogP contribution in [-0.2, 0) is 0 Å². The Balaban J connectivity index is 2.12. The van der Waals surface area contributed by atoms with Crippen molar-refractivity contribution >= 4 is 17.5 Å². The number of rotatable bonds is 6. The molecule has 0 aliphatic rings. The average molecular weight is 307 g/mol. The molecule has 112 valence electrons. The summed E-state index contributed by atoms with van der Waals surface area (Å²) in [7, 11) is 0. The largest absolute Gasteiger partial charge is 0.424 e. The number of nitrogens with zero attached hydrogens (tertiary/aromatic N) is 3. The maximum atomic E-state index is 5.88. The lowest BCUT2D eigenvalue weighted by Crippen LogP contribution is -2.06. The van der Waals surface area contributed by atoms with Crippen molar-refractivity contribution in [2.45, 2.75) is 33.1 Å². The zero-order chi connectivity index (χ0) is 15.2. The van der Waals surface area contributed by atoms with Crippen LogP contribution >= 0.6 is 11.6 Å². The van der Waals surface area contributed by atoms with E-state index in [9.17, 15) is 0 Å². The lowest BCUT2D eigenvalue weighted by atomic mass is 10.0. The molecule has 1 N–H and O–H groups in total. The maximum absolute atomic E-state index is 5.88. The quantitative estimate of drug-likeness (QED) is 0.864. The second-order valence-corrected chi connectivity index (χ2v) is 5.30. The van der Waals surface area contributed by atoms with Gasteiger partial charge in [0.1, 0.15) is 5.75 Å². The molecule has 0 unspecified atom stereocenters. The minimum absolute atomic E-state index is 0.109. The number of hydrogen-bond donors (Lipinski definition) is 1. The number of hydrogen-bond acceptors (Lipinski definition) is 5. The highest BCUT2D eigenvalue weighted by atomic mass is 35.5. The molecule has 2 rings (SSSR count). The average Bonchev–Trinajstić information content (AvgIpc) is 2.45. The Morgan fingerprint density at radius 2 is 1.86 bits per heavy atom. The summed E-state index contributed by atoms with van der Waals surface area (Å²) in [5.41, 5.74) is 1.25. The van der Waals surface area contributed by atoms with Gasteiger partial charge in [0.05, 0.1) is 0 Å². The van der Waals surface area contributed by atoms with E-state index in [1.54, 1.807) is 0 Å². The standard InChI is InChI=1S/C15H19ClN4O/c1-4-9-17-14-18-13(16)19-15(20-14)21-12-7-5-11(6-8-12)10(2)3/h5-8,10H,4,9H2,1-3H3,(H,17,18,19,20). The summed E-state index contributed by atoms with van der Waals surface area (Å²) in [6, 6.07) is 8.03. The highest BCUT2D eigenvalue weighted by molar-refractivity contribution is 6.28. The molecule has 21 heavy (non-hydrogen) atoms. The number of ether oxygens (including phenoxy) is 1. The Hall–Kier alpha value is -1.88. The Bertz CT molecular complexity index is 587. The molecule has 1 aromatic heterocycles. The molecule has 0 saturated carbocycles. The van der Waals surface area contributed by atoms with Crippen molar-refractivity contribution in [1.82, 2.24) is 15.0 Å². The van der Waals surface area contributed by atoms with E-state index in [2.05, 4.69) is 41.0 Å². The van der Waals surface area contributed by atoms with Gasteiger partial charge in [0.25, 0.3) is 0 Å². The van der Waals surface area contributed by atoms with E-state index < -0.39 is 0 Å². The van der Waals surface area contributed by atoms with Crippen molar-refractivity contribution < 1.29 is 4.74 Å². The zero-order valence-corrected chi connectivity index (χ0v) is 13.2. The number of nitrogens with one attached hydrogen (secondary N) is 1. The predicted molar refractivity (Wildman–Crippen MR) is 84.2 cm³/mol. The third-order valence-electron chi connectivity index (χ3n) is 2.88. The van der Waals surface area contributed by atoms with E-state index in [-0.39, 0.29) is 11.3 Å². The van der Waals surface area contributed by atoms with Crippen LogP contribution in [0.2, 0.25) is 5.28 Å². The fourth-order valence-electron chi connectivity index (χ4n) is 1.72. The number of aromatic nitrogens is 3. The van der Waals surface area contributed by atoms with Crippen molar-refractivity contribution in [2.24, 2.45) is 0 Å². The minimum Gasteiger partial charge on any atom is -0.424 e. The molecule has 0 amide bonds. The Kier molecular flexibility index (Phi) is 5.33. The fourth-order valence-corrected chi connectivity index (χ4v) is 1.87. The molecule has 0 radical (unpaired) electrons. The van der Waals surface area contributed by atoms with Gasteiger partial charge in [0.15, 0.2) is 0 Å². The fraction of sp³-hybridized carbons (Fsp3) is 0.400. The van der Waals surface area contributed by atoms with E-state index in [0.29, 0.717) is 17.6 Å². The first-order valence-electron chi connectivity index (χ1n) is 7.01. The summed E-state index contributed by atoms with van der Waals surface area (Å²) in [5.74, 6) is 1.57. The van der Waals surface area contributed by atoms with E-state index in [1.807, 2.05) is 24.3 Å². The highest BCUT2D eigenvalue weighted by Gasteiger charge is 2.07. The third-order valence-corrected chi connectivity index (χ3v) is 3.05. The predicted octanol–water partition coefficient (Wildman–Crippen LogP) is 4.26.